The molecule has 0 bridgehead atoms. The van der Waals surface area contributed by atoms with Gasteiger partial charge >= 0.3 is 0 Å². The second-order valence-electron chi connectivity index (χ2n) is 2.61. The highest BCUT2D eigenvalue weighted by molar-refractivity contribution is 5.23. The minimum atomic E-state index is -0.228. The molecule has 0 unspecified atom stereocenters. The van der Waals surface area contributed by atoms with Crippen LogP contribution in [0.4, 0.5) is 4.39 Å². The van der Waals surface area contributed by atoms with Crippen LogP contribution >= 0.6 is 0 Å². The first-order valence-corrected chi connectivity index (χ1v) is 3.59. The van der Waals surface area contributed by atoms with Crippen LogP contribution in [0.2, 0.25) is 0 Å². The van der Waals surface area contributed by atoms with Crippen LogP contribution in [0, 0.1) is 12.7 Å². The van der Waals surface area contributed by atoms with Gasteiger partial charge in [-0.2, -0.15) is 0 Å². The molecule has 0 heterocycles. The summed E-state index contributed by atoms with van der Waals surface area (Å²) in [6.45, 7) is 1.91. The van der Waals surface area contributed by atoms with E-state index in [0.717, 1.165) is 11.1 Å². The quantitative estimate of drug-likeness (QED) is 0.687. The van der Waals surface area contributed by atoms with Gasteiger partial charge in [-0.15, -0.1) is 0 Å². The lowest BCUT2D eigenvalue weighted by Crippen LogP contribution is -1.92. The van der Waals surface area contributed by atoms with E-state index in [9.17, 15) is 4.39 Å². The standard InChI is InChI=1S/C9H11FO/c1-7-4-8(2-3-11)6-9(10)5-7/h4-6,11H,2-3H2,1H3. The first-order chi connectivity index (χ1) is 5.22. The van der Waals surface area contributed by atoms with E-state index in [4.69, 9.17) is 5.11 Å². The maximum absolute atomic E-state index is 12.7. The fourth-order valence-electron chi connectivity index (χ4n) is 1.09. The van der Waals surface area contributed by atoms with Gasteiger partial charge in [-0.05, 0) is 36.6 Å². The van der Waals surface area contributed by atoms with Crippen molar-refractivity contribution in [1.82, 2.24) is 0 Å². The number of aryl methyl sites for hydroxylation is 1. The molecule has 0 saturated carbocycles. The highest BCUT2D eigenvalue weighted by Crippen LogP contribution is 2.08. The predicted octanol–water partition coefficient (Wildman–Crippen LogP) is 1.67. The Hall–Kier alpha value is -0.890. The molecule has 0 spiro atoms. The van der Waals surface area contributed by atoms with Gasteiger partial charge in [0.1, 0.15) is 5.82 Å². The second-order valence-corrected chi connectivity index (χ2v) is 2.61. The van der Waals surface area contributed by atoms with Crippen LogP contribution in [0.25, 0.3) is 0 Å². The molecule has 1 N–H and O–H groups in total. The van der Waals surface area contributed by atoms with Crippen molar-refractivity contribution in [3.63, 3.8) is 0 Å². The van der Waals surface area contributed by atoms with E-state index in [1.165, 1.54) is 12.1 Å². The summed E-state index contributed by atoms with van der Waals surface area (Å²) in [5.74, 6) is -0.228. The van der Waals surface area contributed by atoms with Crippen LogP contribution in [-0.4, -0.2) is 11.7 Å². The fraction of sp³-hybridized carbons (Fsp3) is 0.333. The Morgan fingerprint density at radius 2 is 2.09 bits per heavy atom. The first-order valence-electron chi connectivity index (χ1n) is 3.59. The van der Waals surface area contributed by atoms with Crippen molar-refractivity contribution in [3.8, 4) is 0 Å². The van der Waals surface area contributed by atoms with Crippen LogP contribution in [0.1, 0.15) is 11.1 Å². The van der Waals surface area contributed by atoms with Crippen LogP contribution in [-0.2, 0) is 6.42 Å². The third-order valence-electron chi connectivity index (χ3n) is 1.50. The predicted molar refractivity (Wildman–Crippen MR) is 41.9 cm³/mol. The Morgan fingerprint density at radius 1 is 1.36 bits per heavy atom. The molecule has 0 aromatic heterocycles. The summed E-state index contributed by atoms with van der Waals surface area (Å²) in [6.07, 6.45) is 0.526. The van der Waals surface area contributed by atoms with Gasteiger partial charge in [0.15, 0.2) is 0 Å². The van der Waals surface area contributed by atoms with Gasteiger partial charge in [0.05, 0.1) is 0 Å². The smallest absolute Gasteiger partial charge is 0.123 e. The zero-order chi connectivity index (χ0) is 8.27. The number of benzene rings is 1. The van der Waals surface area contributed by atoms with Gasteiger partial charge in [0, 0.05) is 6.61 Å². The minimum Gasteiger partial charge on any atom is -0.396 e. The Bertz CT molecular complexity index is 225. The lowest BCUT2D eigenvalue weighted by atomic mass is 10.1. The number of rotatable bonds is 2. The lowest BCUT2D eigenvalue weighted by Gasteiger charge is -1.99. The van der Waals surface area contributed by atoms with Gasteiger partial charge < -0.3 is 5.11 Å². The Morgan fingerprint density at radius 3 is 2.64 bits per heavy atom. The molecule has 0 amide bonds. The number of aliphatic hydroxyl groups excluding tert-OH is 1. The van der Waals surface area contributed by atoms with Crippen LogP contribution < -0.4 is 0 Å². The van der Waals surface area contributed by atoms with E-state index in [-0.39, 0.29) is 12.4 Å². The van der Waals surface area contributed by atoms with Gasteiger partial charge in [-0.3, -0.25) is 0 Å². The van der Waals surface area contributed by atoms with Crippen molar-refractivity contribution in [1.29, 1.82) is 0 Å². The maximum atomic E-state index is 12.7. The minimum absolute atomic E-state index is 0.0723. The SMILES string of the molecule is Cc1cc(F)cc(CCO)c1. The summed E-state index contributed by atoms with van der Waals surface area (Å²) in [6, 6.07) is 4.80. The maximum Gasteiger partial charge on any atom is 0.123 e. The molecule has 2 heteroatoms. The monoisotopic (exact) mass is 154 g/mol. The zero-order valence-electron chi connectivity index (χ0n) is 6.47. The summed E-state index contributed by atoms with van der Waals surface area (Å²) in [5.41, 5.74) is 1.75. The normalized spacial score (nSPS) is 10.1. The fourth-order valence-corrected chi connectivity index (χ4v) is 1.09. The summed E-state index contributed by atoms with van der Waals surface area (Å²) in [5, 5.41) is 8.58. The number of hydrogen-bond donors (Lipinski definition) is 1. The summed E-state index contributed by atoms with van der Waals surface area (Å²) < 4.78 is 12.7. The van der Waals surface area contributed by atoms with Crippen LogP contribution in [0.5, 0.6) is 0 Å². The molecule has 0 radical (unpaired) electrons. The molecule has 11 heavy (non-hydrogen) atoms. The van der Waals surface area contributed by atoms with Crippen molar-refractivity contribution < 1.29 is 9.50 Å². The molecule has 1 aromatic rings. The van der Waals surface area contributed by atoms with Crippen molar-refractivity contribution in [3.05, 3.63) is 35.1 Å². The Labute approximate surface area is 65.5 Å². The van der Waals surface area contributed by atoms with E-state index in [1.807, 2.05) is 13.0 Å². The van der Waals surface area contributed by atoms with E-state index in [2.05, 4.69) is 0 Å². The van der Waals surface area contributed by atoms with Gasteiger partial charge in [0.2, 0.25) is 0 Å². The van der Waals surface area contributed by atoms with Crippen molar-refractivity contribution >= 4 is 0 Å². The first kappa shape index (κ1) is 8.21. The Kier molecular flexibility index (Phi) is 2.60. The van der Waals surface area contributed by atoms with E-state index >= 15 is 0 Å². The van der Waals surface area contributed by atoms with Gasteiger partial charge in [-0.25, -0.2) is 4.39 Å². The van der Waals surface area contributed by atoms with E-state index in [0.29, 0.717) is 6.42 Å². The topological polar surface area (TPSA) is 20.2 Å². The third kappa shape index (κ3) is 2.31. The van der Waals surface area contributed by atoms with Crippen molar-refractivity contribution in [2.24, 2.45) is 0 Å². The molecule has 60 valence electrons. The molecule has 0 saturated heterocycles. The average molecular weight is 154 g/mol. The number of halogens is 1. The average Bonchev–Trinajstić information content (AvgIpc) is 1.85. The highest BCUT2D eigenvalue weighted by atomic mass is 19.1. The highest BCUT2D eigenvalue weighted by Gasteiger charge is 1.96. The zero-order valence-corrected chi connectivity index (χ0v) is 6.47. The van der Waals surface area contributed by atoms with Crippen molar-refractivity contribution in [2.45, 2.75) is 13.3 Å². The Balaban J connectivity index is 2.89. The number of hydrogen-bond acceptors (Lipinski definition) is 1. The van der Waals surface area contributed by atoms with Gasteiger partial charge in [-0.1, -0.05) is 6.07 Å². The van der Waals surface area contributed by atoms with Crippen LogP contribution in [0.15, 0.2) is 18.2 Å². The summed E-state index contributed by atoms with van der Waals surface area (Å²) in [7, 11) is 0. The molecular formula is C9H11FO. The van der Waals surface area contributed by atoms with Crippen molar-refractivity contribution in [2.75, 3.05) is 6.61 Å². The van der Waals surface area contributed by atoms with Crippen LogP contribution in [0.3, 0.4) is 0 Å². The molecule has 0 atom stereocenters. The molecule has 0 aliphatic heterocycles. The number of aliphatic hydroxyl groups is 1. The molecular weight excluding hydrogens is 143 g/mol. The summed E-state index contributed by atoms with van der Waals surface area (Å²) >= 11 is 0. The largest absolute Gasteiger partial charge is 0.396 e. The van der Waals surface area contributed by atoms with E-state index < -0.39 is 0 Å². The second kappa shape index (κ2) is 3.49. The molecule has 0 aliphatic carbocycles. The molecule has 0 aliphatic rings. The van der Waals surface area contributed by atoms with E-state index in [1.54, 1.807) is 0 Å². The third-order valence-corrected chi connectivity index (χ3v) is 1.50. The molecule has 1 rings (SSSR count). The lowest BCUT2D eigenvalue weighted by molar-refractivity contribution is 0.299. The molecule has 1 aromatic carbocycles. The molecule has 1 nitrogen and oxygen atoms in total. The van der Waals surface area contributed by atoms with Gasteiger partial charge in [0.25, 0.3) is 0 Å². The molecule has 0 fully saturated rings. The summed E-state index contributed by atoms with van der Waals surface area (Å²) in [4.78, 5) is 0.